The first kappa shape index (κ1) is 42.3. The van der Waals surface area contributed by atoms with Crippen LogP contribution in [-0.4, -0.2) is 20.4 Å². The Kier molecular flexibility index (Phi) is 8.90. The lowest BCUT2D eigenvalue weighted by atomic mass is 9.34. The van der Waals surface area contributed by atoms with Crippen molar-refractivity contribution in [2.24, 2.45) is 0 Å². The maximum atomic E-state index is 7.55. The van der Waals surface area contributed by atoms with Crippen LogP contribution in [0.4, 0.5) is 0 Å². The molecule has 0 fully saturated rings. The van der Waals surface area contributed by atoms with Crippen LogP contribution in [0.1, 0.15) is 0 Å². The maximum Gasteiger partial charge on any atom is 0.256 e. The second-order valence-electron chi connectivity index (χ2n) is 20.7. The fourth-order valence-electron chi connectivity index (χ4n) is 13.5. The highest BCUT2D eigenvalue weighted by atomic mass is 16.5. The zero-order valence-electron chi connectivity index (χ0n) is 41.7. The van der Waals surface area contributed by atoms with E-state index in [1.54, 1.807) is 0 Å². The number of hydrogen-bond donors (Lipinski definition) is 0. The van der Waals surface area contributed by atoms with Crippen molar-refractivity contribution >= 4 is 88.5 Å². The molecule has 0 saturated carbocycles. The minimum Gasteiger partial charge on any atom is -0.458 e. The smallest absolute Gasteiger partial charge is 0.256 e. The summed E-state index contributed by atoms with van der Waals surface area (Å²) in [5.74, 6) is 1.76. The quantitative estimate of drug-likeness (QED) is 0.152. The van der Waals surface area contributed by atoms with E-state index in [-0.39, 0.29) is 6.71 Å². The fraction of sp³-hybridized carbons (Fsp3) is 0. The van der Waals surface area contributed by atoms with Crippen LogP contribution in [0.15, 0.2) is 267 Å². The van der Waals surface area contributed by atoms with Gasteiger partial charge in [0.25, 0.3) is 6.71 Å². The molecule has 0 spiro atoms. The second kappa shape index (κ2) is 16.2. The van der Waals surface area contributed by atoms with E-state index in [1.807, 2.05) is 0 Å². The van der Waals surface area contributed by atoms with Crippen LogP contribution in [0, 0.1) is 0 Å². The summed E-state index contributed by atoms with van der Waals surface area (Å²) in [6, 6.07) is 98.3. The Balaban J connectivity index is 1.01. The molecule has 0 radical (unpaired) electrons. The van der Waals surface area contributed by atoms with E-state index in [4.69, 9.17) is 4.74 Å². The van der Waals surface area contributed by atoms with E-state index < -0.39 is 0 Å². The number of ether oxygens (including phenoxy) is 1. The monoisotopic (exact) mass is 977 g/mol. The Morgan fingerprint density at radius 3 is 1.36 bits per heavy atom. The topological polar surface area (TPSA) is 24.0 Å². The number of aromatic nitrogens is 3. The molecule has 0 amide bonds. The lowest BCUT2D eigenvalue weighted by Crippen LogP contribution is -2.58. The van der Waals surface area contributed by atoms with E-state index in [0.29, 0.717) is 0 Å². The molecule has 0 N–H and O–H groups in total. The molecule has 4 nitrogen and oxygen atoms in total. The molecule has 5 heteroatoms. The van der Waals surface area contributed by atoms with E-state index in [0.717, 1.165) is 67.4 Å². The molecule has 2 aliphatic rings. The summed E-state index contributed by atoms with van der Waals surface area (Å²) in [5.41, 5.74) is 23.3. The van der Waals surface area contributed by atoms with Crippen molar-refractivity contribution in [2.75, 3.05) is 0 Å². The first-order chi connectivity index (χ1) is 38.2. The van der Waals surface area contributed by atoms with Gasteiger partial charge in [-0.05, 0) is 128 Å². The summed E-state index contributed by atoms with van der Waals surface area (Å²) in [6.45, 7) is -0.194. The van der Waals surface area contributed by atoms with Gasteiger partial charge in [-0.3, -0.25) is 0 Å². The Morgan fingerprint density at radius 1 is 0.286 bits per heavy atom. The summed E-state index contributed by atoms with van der Waals surface area (Å²) in [4.78, 5) is 0. The zero-order valence-corrected chi connectivity index (χ0v) is 41.7. The molecule has 77 heavy (non-hydrogen) atoms. The average Bonchev–Trinajstić information content (AvgIpc) is 4.33. The van der Waals surface area contributed by atoms with Crippen molar-refractivity contribution < 1.29 is 4.74 Å². The summed E-state index contributed by atoms with van der Waals surface area (Å²) in [5, 5.41) is 7.38. The molecule has 5 heterocycles. The summed E-state index contributed by atoms with van der Waals surface area (Å²) < 4.78 is 15.0. The van der Waals surface area contributed by atoms with E-state index in [2.05, 4.69) is 281 Å². The van der Waals surface area contributed by atoms with Crippen LogP contribution in [0.3, 0.4) is 0 Å². The standard InChI is InChI=1S/C72H44BN3O/c1-3-20-45(21-4-1)50-24-7-8-26-52(50)47-40-60(53-27-10-9-25-51(53)46-22-5-2-6-23-46)72-62(41-47)73-61-44-49(75-65-34-17-13-30-56(65)57-31-14-18-35-66(57)75)43-59-58-42-48(74-63-32-15-11-28-54(63)55-29-12-16-33-64(55)74)38-39-67(58)76(71(59)61)68-36-19-37-69(77-72)70(68)73/h1-44H. The molecule has 0 saturated heterocycles. The van der Waals surface area contributed by atoms with Crippen LogP contribution in [-0.2, 0) is 0 Å². The third kappa shape index (κ3) is 6.05. The second-order valence-corrected chi connectivity index (χ2v) is 20.7. The highest BCUT2D eigenvalue weighted by Gasteiger charge is 2.42. The molecule has 15 aromatic rings. The summed E-state index contributed by atoms with van der Waals surface area (Å²) >= 11 is 0. The van der Waals surface area contributed by atoms with Gasteiger partial charge in [-0.2, -0.15) is 0 Å². The van der Waals surface area contributed by atoms with Crippen molar-refractivity contribution in [1.82, 2.24) is 13.7 Å². The van der Waals surface area contributed by atoms with Crippen molar-refractivity contribution in [3.8, 4) is 73.1 Å². The number of fused-ring (bicyclic) bond motifs is 13. The number of para-hydroxylation sites is 4. The van der Waals surface area contributed by atoms with Gasteiger partial charge in [0, 0.05) is 60.5 Å². The Hall–Kier alpha value is -10.1. The number of nitrogens with zero attached hydrogens (tertiary/aromatic N) is 3. The summed E-state index contributed by atoms with van der Waals surface area (Å²) in [7, 11) is 0. The van der Waals surface area contributed by atoms with Gasteiger partial charge >= 0.3 is 0 Å². The summed E-state index contributed by atoms with van der Waals surface area (Å²) in [6.07, 6.45) is 0. The number of benzene rings is 12. The lowest BCUT2D eigenvalue weighted by Gasteiger charge is -2.35. The maximum absolute atomic E-state index is 7.55. The SMILES string of the molecule is c1ccc(-c2ccccc2-c2cc3c(c(-c4ccccc4-c4ccccc4)c2)Oc2cccc4c2B3c2cc(-n3c5ccccc5c5ccccc53)cc3c5cc(-n6c7ccccc7c7ccccc76)ccc5n-4c23)cc1. The van der Waals surface area contributed by atoms with Crippen molar-refractivity contribution in [3.05, 3.63) is 267 Å². The molecule has 0 atom stereocenters. The molecular formula is C72H44BN3O. The predicted octanol–water partition coefficient (Wildman–Crippen LogP) is 16.6. The first-order valence-corrected chi connectivity index (χ1v) is 26.6. The van der Waals surface area contributed by atoms with E-state index in [1.165, 1.54) is 87.5 Å². The van der Waals surface area contributed by atoms with Crippen molar-refractivity contribution in [2.45, 2.75) is 0 Å². The van der Waals surface area contributed by atoms with Crippen LogP contribution in [0.5, 0.6) is 11.5 Å². The van der Waals surface area contributed by atoms with E-state index in [9.17, 15) is 0 Å². The average molecular weight is 978 g/mol. The van der Waals surface area contributed by atoms with Gasteiger partial charge in [-0.15, -0.1) is 0 Å². The first-order valence-electron chi connectivity index (χ1n) is 26.6. The van der Waals surface area contributed by atoms with Crippen molar-refractivity contribution in [1.29, 1.82) is 0 Å². The molecule has 12 aromatic carbocycles. The highest BCUT2D eigenvalue weighted by molar-refractivity contribution is 6.99. The van der Waals surface area contributed by atoms with Gasteiger partial charge in [-0.25, -0.2) is 0 Å². The van der Waals surface area contributed by atoms with Crippen LogP contribution in [0.2, 0.25) is 0 Å². The van der Waals surface area contributed by atoms with E-state index >= 15 is 0 Å². The van der Waals surface area contributed by atoms with Gasteiger partial charge in [0.2, 0.25) is 0 Å². The van der Waals surface area contributed by atoms with Gasteiger partial charge in [-0.1, -0.05) is 194 Å². The highest BCUT2D eigenvalue weighted by Crippen LogP contribution is 2.47. The van der Waals surface area contributed by atoms with Crippen LogP contribution >= 0.6 is 0 Å². The lowest BCUT2D eigenvalue weighted by molar-refractivity contribution is 0.489. The van der Waals surface area contributed by atoms with Crippen LogP contribution in [0.25, 0.3) is 127 Å². The zero-order chi connectivity index (χ0) is 50.3. The molecule has 2 aliphatic heterocycles. The normalized spacial score (nSPS) is 12.5. The van der Waals surface area contributed by atoms with Gasteiger partial charge in [0.1, 0.15) is 11.5 Å². The predicted molar refractivity (Wildman–Crippen MR) is 322 cm³/mol. The molecule has 356 valence electrons. The number of hydrogen-bond acceptors (Lipinski definition) is 1. The third-order valence-corrected chi connectivity index (χ3v) is 16.7. The van der Waals surface area contributed by atoms with Gasteiger partial charge in [0.15, 0.2) is 0 Å². The fourth-order valence-corrected chi connectivity index (χ4v) is 13.5. The Labute approximate surface area is 444 Å². The van der Waals surface area contributed by atoms with Gasteiger partial charge < -0.3 is 18.4 Å². The minimum absolute atomic E-state index is 0.194. The Bertz CT molecular complexity index is 4860. The van der Waals surface area contributed by atoms with Crippen LogP contribution < -0.4 is 21.1 Å². The molecule has 0 unspecified atom stereocenters. The largest absolute Gasteiger partial charge is 0.458 e. The third-order valence-electron chi connectivity index (χ3n) is 16.7. The molecule has 17 rings (SSSR count). The van der Waals surface area contributed by atoms with Gasteiger partial charge in [0.05, 0.1) is 27.6 Å². The molecule has 0 bridgehead atoms. The molecule has 3 aromatic heterocycles. The number of rotatable bonds is 6. The van der Waals surface area contributed by atoms with Crippen molar-refractivity contribution in [3.63, 3.8) is 0 Å². The molecule has 0 aliphatic carbocycles. The molecular weight excluding hydrogens is 934 g/mol. The Morgan fingerprint density at radius 2 is 0.766 bits per heavy atom. The minimum atomic E-state index is -0.194.